The number of rotatable bonds is 7. The van der Waals surface area contributed by atoms with Gasteiger partial charge in [0.15, 0.2) is 11.6 Å². The van der Waals surface area contributed by atoms with E-state index in [4.69, 9.17) is 4.74 Å². The Hall–Kier alpha value is -3.55. The first-order valence-corrected chi connectivity index (χ1v) is 10.0. The third kappa shape index (κ3) is 4.63. The smallest absolute Gasteiger partial charge is 0.184 e. The number of aliphatic hydroxyl groups excluding tert-OH is 1. The van der Waals surface area contributed by atoms with E-state index in [2.05, 4.69) is 39.9 Å². The molecule has 0 radical (unpaired) electrons. The molecule has 0 bridgehead atoms. The molecule has 10 heteroatoms. The van der Waals surface area contributed by atoms with Crippen LogP contribution < -0.4 is 20.7 Å². The van der Waals surface area contributed by atoms with E-state index in [1.54, 1.807) is 30.5 Å². The number of aromatic nitrogens is 5. The monoisotopic (exact) mass is 435 g/mol. The lowest BCUT2D eigenvalue weighted by Gasteiger charge is -2.16. The summed E-state index contributed by atoms with van der Waals surface area (Å²) in [6, 6.07) is 11.3. The maximum atomic E-state index is 9.80. The van der Waals surface area contributed by atoms with Crippen molar-refractivity contribution in [2.24, 2.45) is 7.05 Å². The Morgan fingerprint density at radius 2 is 1.87 bits per heavy atom. The van der Waals surface area contributed by atoms with E-state index in [1.165, 1.54) is 0 Å². The molecule has 0 fully saturated rings. The number of anilines is 4. The molecule has 3 aromatic heterocycles. The van der Waals surface area contributed by atoms with Gasteiger partial charge in [-0.1, -0.05) is 6.07 Å². The highest BCUT2D eigenvalue weighted by molar-refractivity contribution is 7.27. The highest BCUT2D eigenvalue weighted by Crippen LogP contribution is 2.37. The van der Waals surface area contributed by atoms with Crippen LogP contribution in [0.5, 0.6) is 5.75 Å². The van der Waals surface area contributed by atoms with Crippen molar-refractivity contribution in [3.63, 3.8) is 0 Å². The van der Waals surface area contributed by atoms with Gasteiger partial charge in [-0.25, -0.2) is 15.0 Å². The van der Waals surface area contributed by atoms with Crippen molar-refractivity contribution in [1.82, 2.24) is 24.7 Å². The van der Waals surface area contributed by atoms with Crippen LogP contribution in [0.25, 0.3) is 11.4 Å². The van der Waals surface area contributed by atoms with Gasteiger partial charge in [-0.05, 0) is 29.6 Å². The molecule has 3 N–H and O–H groups in total. The van der Waals surface area contributed by atoms with Gasteiger partial charge >= 0.3 is 0 Å². The molecule has 0 amide bonds. The average Bonchev–Trinajstić information content (AvgIpc) is 3.21. The second-order valence-corrected chi connectivity index (χ2v) is 7.41. The van der Waals surface area contributed by atoms with Gasteiger partial charge in [0.1, 0.15) is 18.0 Å². The van der Waals surface area contributed by atoms with Crippen LogP contribution in [-0.2, 0) is 13.7 Å². The molecule has 1 unspecified atom stereocenters. The lowest BCUT2D eigenvalue weighted by molar-refractivity contribution is 0.282. The standard InChI is InChI=1S/C21H22N7O2P/c1-28-12-24-21(27-28)15-4-3-5-16(20(15)30-2)25-17-8-19(22-9-13(17)11-29)26-18-7-6-14(31)10-23-18/h3-10,12,29H,11,31H2,1-2H3,(H2,22,23,25,26). The maximum absolute atomic E-state index is 9.80. The zero-order valence-electron chi connectivity index (χ0n) is 17.1. The summed E-state index contributed by atoms with van der Waals surface area (Å²) < 4.78 is 7.30. The highest BCUT2D eigenvalue weighted by Gasteiger charge is 2.16. The topological polar surface area (TPSA) is 110 Å². The number of hydrogen-bond donors (Lipinski definition) is 3. The van der Waals surface area contributed by atoms with Gasteiger partial charge < -0.3 is 20.5 Å². The molecule has 158 valence electrons. The first-order chi connectivity index (χ1) is 15.1. The van der Waals surface area contributed by atoms with E-state index >= 15 is 0 Å². The largest absolute Gasteiger partial charge is 0.494 e. The maximum Gasteiger partial charge on any atom is 0.184 e. The molecule has 0 aliphatic carbocycles. The van der Waals surface area contributed by atoms with Crippen LogP contribution in [0.3, 0.4) is 0 Å². The molecular formula is C21H22N7O2P. The summed E-state index contributed by atoms with van der Waals surface area (Å²) in [4.78, 5) is 13.0. The molecule has 4 rings (SSSR count). The van der Waals surface area contributed by atoms with E-state index in [0.29, 0.717) is 40.1 Å². The Labute approximate surface area is 181 Å². The van der Waals surface area contributed by atoms with Gasteiger partial charge in [-0.2, -0.15) is 5.10 Å². The van der Waals surface area contributed by atoms with Crippen LogP contribution in [0.1, 0.15) is 5.56 Å². The molecule has 1 atom stereocenters. The molecule has 0 saturated heterocycles. The minimum atomic E-state index is -0.167. The zero-order valence-corrected chi connectivity index (χ0v) is 18.2. The lowest BCUT2D eigenvalue weighted by Crippen LogP contribution is -2.04. The van der Waals surface area contributed by atoms with Crippen molar-refractivity contribution < 1.29 is 9.84 Å². The molecule has 31 heavy (non-hydrogen) atoms. The Morgan fingerprint density at radius 1 is 1.03 bits per heavy atom. The van der Waals surface area contributed by atoms with E-state index in [-0.39, 0.29) is 6.61 Å². The first-order valence-electron chi connectivity index (χ1n) is 9.45. The summed E-state index contributed by atoms with van der Waals surface area (Å²) >= 11 is 0. The number of nitrogens with one attached hydrogen (secondary N) is 2. The van der Waals surface area contributed by atoms with E-state index in [9.17, 15) is 5.11 Å². The van der Waals surface area contributed by atoms with Gasteiger partial charge in [0.2, 0.25) is 0 Å². The van der Waals surface area contributed by atoms with Crippen LogP contribution in [0.15, 0.2) is 55.1 Å². The van der Waals surface area contributed by atoms with Crippen LogP contribution in [0.2, 0.25) is 0 Å². The number of pyridine rings is 2. The fraction of sp³-hybridized carbons (Fsp3) is 0.143. The molecule has 0 aliphatic rings. The molecule has 0 saturated carbocycles. The predicted molar refractivity (Wildman–Crippen MR) is 123 cm³/mol. The summed E-state index contributed by atoms with van der Waals surface area (Å²) in [6.07, 6.45) is 5.00. The summed E-state index contributed by atoms with van der Waals surface area (Å²) in [5.41, 5.74) is 2.80. The van der Waals surface area contributed by atoms with E-state index < -0.39 is 0 Å². The molecular weight excluding hydrogens is 413 g/mol. The lowest BCUT2D eigenvalue weighted by atomic mass is 10.1. The SMILES string of the molecule is COc1c(Nc2cc(Nc3ccc(P)cn3)ncc2CO)cccc1-c1ncn(C)n1. The van der Waals surface area contributed by atoms with Crippen molar-refractivity contribution in [2.45, 2.75) is 6.61 Å². The Morgan fingerprint density at radius 3 is 2.55 bits per heavy atom. The quantitative estimate of drug-likeness (QED) is 0.380. The van der Waals surface area contributed by atoms with Crippen molar-refractivity contribution >= 4 is 37.6 Å². The molecule has 9 nitrogen and oxygen atoms in total. The Bertz CT molecular complexity index is 1190. The minimum Gasteiger partial charge on any atom is -0.494 e. The van der Waals surface area contributed by atoms with Crippen LogP contribution in [0.4, 0.5) is 23.0 Å². The van der Waals surface area contributed by atoms with E-state index in [0.717, 1.165) is 10.9 Å². The van der Waals surface area contributed by atoms with Gasteiger partial charge in [-0.3, -0.25) is 4.68 Å². The molecule has 0 aliphatic heterocycles. The third-order valence-corrected chi connectivity index (χ3v) is 4.87. The number of ether oxygens (including phenoxy) is 1. The summed E-state index contributed by atoms with van der Waals surface area (Å²) in [5.74, 6) is 2.42. The average molecular weight is 435 g/mol. The third-order valence-electron chi connectivity index (χ3n) is 4.53. The summed E-state index contributed by atoms with van der Waals surface area (Å²) in [6.45, 7) is -0.167. The number of aliphatic hydroxyl groups is 1. The van der Waals surface area contributed by atoms with Crippen molar-refractivity contribution in [1.29, 1.82) is 0 Å². The number of nitrogens with zero attached hydrogens (tertiary/aromatic N) is 5. The number of hydrogen-bond acceptors (Lipinski definition) is 8. The molecule has 1 aromatic carbocycles. The van der Waals surface area contributed by atoms with Gasteiger partial charge in [0.05, 0.1) is 25.0 Å². The van der Waals surface area contributed by atoms with Crippen molar-refractivity contribution in [3.8, 4) is 17.1 Å². The number of methoxy groups -OCH3 is 1. The van der Waals surface area contributed by atoms with Crippen LogP contribution in [0, 0.1) is 0 Å². The molecule has 0 spiro atoms. The highest BCUT2D eigenvalue weighted by atomic mass is 31.0. The number of aryl methyl sites for hydroxylation is 1. The second kappa shape index (κ2) is 9.07. The first kappa shape index (κ1) is 20.7. The Balaban J connectivity index is 1.67. The van der Waals surface area contributed by atoms with E-state index in [1.807, 2.05) is 43.4 Å². The van der Waals surface area contributed by atoms with Gasteiger partial charge in [-0.15, -0.1) is 9.24 Å². The normalized spacial score (nSPS) is 10.7. The number of para-hydroxylation sites is 1. The fourth-order valence-corrected chi connectivity index (χ4v) is 3.21. The Kier molecular flexibility index (Phi) is 6.06. The summed E-state index contributed by atoms with van der Waals surface area (Å²) in [5, 5.41) is 21.7. The van der Waals surface area contributed by atoms with Crippen molar-refractivity contribution in [2.75, 3.05) is 17.7 Å². The fourth-order valence-electron chi connectivity index (χ4n) is 3.04. The van der Waals surface area contributed by atoms with Crippen molar-refractivity contribution in [3.05, 3.63) is 60.7 Å². The minimum absolute atomic E-state index is 0.167. The number of benzene rings is 1. The molecule has 4 aromatic rings. The molecule has 3 heterocycles. The zero-order chi connectivity index (χ0) is 21.8. The second-order valence-electron chi connectivity index (χ2n) is 6.74. The van der Waals surface area contributed by atoms with Crippen LogP contribution >= 0.6 is 9.24 Å². The summed E-state index contributed by atoms with van der Waals surface area (Å²) in [7, 11) is 6.01. The van der Waals surface area contributed by atoms with Gasteiger partial charge in [0.25, 0.3) is 0 Å². The predicted octanol–water partition coefficient (Wildman–Crippen LogP) is 2.76. The van der Waals surface area contributed by atoms with Gasteiger partial charge in [0, 0.05) is 36.8 Å². The van der Waals surface area contributed by atoms with Crippen LogP contribution in [-0.4, -0.2) is 36.9 Å².